The zero-order chi connectivity index (χ0) is 12.0. The normalized spacial score (nSPS) is 26.4. The van der Waals surface area contributed by atoms with Crippen LogP contribution in [0.2, 0.25) is 0 Å². The van der Waals surface area contributed by atoms with Crippen molar-refractivity contribution in [2.24, 2.45) is 0 Å². The number of carbonyl (C=O) groups is 1. The Hall–Kier alpha value is -0.870. The van der Waals surface area contributed by atoms with Crippen molar-refractivity contribution in [1.29, 1.82) is 0 Å². The lowest BCUT2D eigenvalue weighted by Gasteiger charge is -2.31. The van der Waals surface area contributed by atoms with Crippen molar-refractivity contribution in [2.75, 3.05) is 13.1 Å². The second-order valence-corrected chi connectivity index (χ2v) is 4.38. The van der Waals surface area contributed by atoms with E-state index in [1.54, 1.807) is 6.08 Å². The molecule has 1 fully saturated rings. The SMILES string of the molecule is C=CCN(CC(=O)O)C1CCCCCC1O. The highest BCUT2D eigenvalue weighted by molar-refractivity contribution is 5.69. The van der Waals surface area contributed by atoms with Gasteiger partial charge in [0.2, 0.25) is 0 Å². The second kappa shape index (κ2) is 6.66. The maximum absolute atomic E-state index is 10.8. The molecule has 2 atom stereocenters. The molecule has 1 saturated carbocycles. The molecule has 0 spiro atoms. The fourth-order valence-electron chi connectivity index (χ4n) is 2.35. The Bertz CT molecular complexity index is 242. The van der Waals surface area contributed by atoms with Crippen LogP contribution in [-0.4, -0.2) is 46.3 Å². The van der Waals surface area contributed by atoms with Crippen LogP contribution in [0.15, 0.2) is 12.7 Å². The van der Waals surface area contributed by atoms with E-state index >= 15 is 0 Å². The number of carboxylic acid groups (broad SMARTS) is 1. The van der Waals surface area contributed by atoms with Gasteiger partial charge in [-0.2, -0.15) is 0 Å². The topological polar surface area (TPSA) is 60.8 Å². The summed E-state index contributed by atoms with van der Waals surface area (Å²) in [6.45, 7) is 4.14. The van der Waals surface area contributed by atoms with Gasteiger partial charge >= 0.3 is 5.97 Å². The Morgan fingerprint density at radius 1 is 1.38 bits per heavy atom. The lowest BCUT2D eigenvalue weighted by atomic mass is 10.0. The molecule has 1 aliphatic carbocycles. The minimum Gasteiger partial charge on any atom is -0.480 e. The van der Waals surface area contributed by atoms with E-state index in [2.05, 4.69) is 6.58 Å². The van der Waals surface area contributed by atoms with Crippen molar-refractivity contribution in [3.63, 3.8) is 0 Å². The average Bonchev–Trinajstić information content (AvgIpc) is 2.41. The van der Waals surface area contributed by atoms with Crippen LogP contribution in [0.1, 0.15) is 32.1 Å². The van der Waals surface area contributed by atoms with Gasteiger partial charge in [-0.15, -0.1) is 6.58 Å². The standard InChI is InChI=1S/C12H21NO3/c1-2-8-13(9-12(15)16)10-6-4-3-5-7-11(10)14/h2,10-11,14H,1,3-9H2,(H,15,16). The van der Waals surface area contributed by atoms with Gasteiger partial charge in [-0.05, 0) is 12.8 Å². The molecule has 0 bridgehead atoms. The largest absolute Gasteiger partial charge is 0.480 e. The zero-order valence-electron chi connectivity index (χ0n) is 9.64. The van der Waals surface area contributed by atoms with Gasteiger partial charge in [-0.25, -0.2) is 0 Å². The molecule has 0 radical (unpaired) electrons. The summed E-state index contributed by atoms with van der Waals surface area (Å²) in [5.74, 6) is -0.849. The molecule has 0 aromatic carbocycles. The maximum Gasteiger partial charge on any atom is 0.317 e. The molecule has 2 N–H and O–H groups in total. The number of aliphatic carboxylic acids is 1. The van der Waals surface area contributed by atoms with Crippen molar-refractivity contribution >= 4 is 5.97 Å². The summed E-state index contributed by atoms with van der Waals surface area (Å²) < 4.78 is 0. The average molecular weight is 227 g/mol. The number of rotatable bonds is 5. The number of nitrogens with zero attached hydrogens (tertiary/aromatic N) is 1. The Morgan fingerprint density at radius 2 is 2.06 bits per heavy atom. The Morgan fingerprint density at radius 3 is 2.69 bits per heavy atom. The number of aliphatic hydroxyl groups is 1. The minimum atomic E-state index is -0.849. The van der Waals surface area contributed by atoms with E-state index in [9.17, 15) is 9.90 Å². The first-order valence-electron chi connectivity index (χ1n) is 5.90. The highest BCUT2D eigenvalue weighted by atomic mass is 16.4. The van der Waals surface area contributed by atoms with E-state index in [1.165, 1.54) is 0 Å². The van der Waals surface area contributed by atoms with Crippen LogP contribution in [0.3, 0.4) is 0 Å². The molecule has 1 rings (SSSR count). The van der Waals surface area contributed by atoms with Crippen LogP contribution >= 0.6 is 0 Å². The predicted octanol–water partition coefficient (Wildman–Crippen LogP) is 1.25. The van der Waals surface area contributed by atoms with Gasteiger partial charge < -0.3 is 10.2 Å². The quantitative estimate of drug-likeness (QED) is 0.548. The lowest BCUT2D eigenvalue weighted by Crippen LogP contribution is -2.45. The third kappa shape index (κ3) is 3.94. The minimum absolute atomic E-state index is 0.0201. The maximum atomic E-state index is 10.8. The Labute approximate surface area is 96.6 Å². The van der Waals surface area contributed by atoms with Crippen LogP contribution in [-0.2, 0) is 4.79 Å². The molecule has 0 heterocycles. The van der Waals surface area contributed by atoms with Crippen molar-refractivity contribution in [3.05, 3.63) is 12.7 Å². The van der Waals surface area contributed by atoms with Gasteiger partial charge in [0.05, 0.1) is 12.6 Å². The molecule has 0 aromatic rings. The number of hydrogen-bond acceptors (Lipinski definition) is 3. The summed E-state index contributed by atoms with van der Waals surface area (Å²) in [7, 11) is 0. The fourth-order valence-corrected chi connectivity index (χ4v) is 2.35. The van der Waals surface area contributed by atoms with Crippen molar-refractivity contribution in [3.8, 4) is 0 Å². The zero-order valence-corrected chi connectivity index (χ0v) is 9.64. The van der Waals surface area contributed by atoms with Gasteiger partial charge in [0.1, 0.15) is 0 Å². The molecular weight excluding hydrogens is 206 g/mol. The third-order valence-corrected chi connectivity index (χ3v) is 3.11. The highest BCUT2D eigenvalue weighted by Gasteiger charge is 2.27. The van der Waals surface area contributed by atoms with Gasteiger partial charge in [-0.3, -0.25) is 9.69 Å². The molecule has 2 unspecified atom stereocenters. The summed E-state index contributed by atoms with van der Waals surface area (Å²) >= 11 is 0. The summed E-state index contributed by atoms with van der Waals surface area (Å²) in [6, 6.07) is -0.0309. The van der Waals surface area contributed by atoms with Crippen LogP contribution < -0.4 is 0 Å². The predicted molar refractivity (Wildman–Crippen MR) is 62.3 cm³/mol. The van der Waals surface area contributed by atoms with E-state index in [1.807, 2.05) is 4.90 Å². The highest BCUT2D eigenvalue weighted by Crippen LogP contribution is 2.22. The molecule has 4 nitrogen and oxygen atoms in total. The number of aliphatic hydroxyl groups excluding tert-OH is 1. The number of hydrogen-bond donors (Lipinski definition) is 2. The first-order valence-corrected chi connectivity index (χ1v) is 5.90. The van der Waals surface area contributed by atoms with Crippen LogP contribution in [0.25, 0.3) is 0 Å². The first-order chi connectivity index (χ1) is 7.65. The van der Waals surface area contributed by atoms with Gasteiger partial charge in [-0.1, -0.05) is 25.3 Å². The van der Waals surface area contributed by atoms with E-state index in [-0.39, 0.29) is 12.6 Å². The summed E-state index contributed by atoms with van der Waals surface area (Å²) in [6.07, 6.45) is 6.17. The van der Waals surface area contributed by atoms with Crippen molar-refractivity contribution in [1.82, 2.24) is 4.90 Å². The Balaban J connectivity index is 2.65. The Kier molecular flexibility index (Phi) is 5.49. The van der Waals surface area contributed by atoms with E-state index in [0.29, 0.717) is 6.54 Å². The first kappa shape index (κ1) is 13.2. The molecule has 92 valence electrons. The molecule has 16 heavy (non-hydrogen) atoms. The summed E-state index contributed by atoms with van der Waals surface area (Å²) in [5, 5.41) is 18.8. The summed E-state index contributed by atoms with van der Waals surface area (Å²) in [5.41, 5.74) is 0. The lowest BCUT2D eigenvalue weighted by molar-refractivity contribution is -0.139. The molecule has 1 aliphatic rings. The van der Waals surface area contributed by atoms with Gasteiger partial charge in [0, 0.05) is 12.6 Å². The van der Waals surface area contributed by atoms with Crippen LogP contribution in [0.5, 0.6) is 0 Å². The van der Waals surface area contributed by atoms with E-state index < -0.39 is 12.1 Å². The summed E-state index contributed by atoms with van der Waals surface area (Å²) in [4.78, 5) is 12.6. The van der Waals surface area contributed by atoms with Crippen molar-refractivity contribution < 1.29 is 15.0 Å². The number of carboxylic acids is 1. The van der Waals surface area contributed by atoms with Crippen LogP contribution in [0, 0.1) is 0 Å². The fraction of sp³-hybridized carbons (Fsp3) is 0.750. The van der Waals surface area contributed by atoms with E-state index in [0.717, 1.165) is 32.1 Å². The monoisotopic (exact) mass is 227 g/mol. The third-order valence-electron chi connectivity index (χ3n) is 3.11. The molecule has 0 amide bonds. The van der Waals surface area contributed by atoms with Gasteiger partial charge in [0.15, 0.2) is 0 Å². The second-order valence-electron chi connectivity index (χ2n) is 4.38. The molecule has 0 saturated heterocycles. The molecule has 0 aromatic heterocycles. The van der Waals surface area contributed by atoms with E-state index in [4.69, 9.17) is 5.11 Å². The smallest absolute Gasteiger partial charge is 0.317 e. The van der Waals surface area contributed by atoms with Gasteiger partial charge in [0.25, 0.3) is 0 Å². The molecular formula is C12H21NO3. The van der Waals surface area contributed by atoms with Crippen molar-refractivity contribution in [2.45, 2.75) is 44.2 Å². The van der Waals surface area contributed by atoms with Crippen LogP contribution in [0.4, 0.5) is 0 Å². The molecule has 0 aliphatic heterocycles. The molecule has 4 heteroatoms.